The fourth-order valence-electron chi connectivity index (χ4n) is 4.02. The normalized spacial score (nSPS) is 14.2. The second-order valence-electron chi connectivity index (χ2n) is 8.27. The van der Waals surface area contributed by atoms with Crippen LogP contribution in [0.1, 0.15) is 10.4 Å². The monoisotopic (exact) mass is 455 g/mol. The minimum absolute atomic E-state index is 0.00453. The molecule has 0 unspecified atom stereocenters. The van der Waals surface area contributed by atoms with Crippen LogP contribution in [0.3, 0.4) is 0 Å². The van der Waals surface area contributed by atoms with Crippen molar-refractivity contribution in [2.75, 3.05) is 48.8 Å². The number of amides is 1. The second kappa shape index (κ2) is 9.32. The van der Waals surface area contributed by atoms with Gasteiger partial charge in [0.15, 0.2) is 0 Å². The van der Waals surface area contributed by atoms with Crippen LogP contribution in [-0.4, -0.2) is 59.0 Å². The first-order valence-corrected chi connectivity index (χ1v) is 11.1. The molecule has 172 valence electrons. The van der Waals surface area contributed by atoms with Gasteiger partial charge in [0.25, 0.3) is 11.5 Å². The van der Waals surface area contributed by atoms with E-state index in [4.69, 9.17) is 0 Å². The highest BCUT2D eigenvalue weighted by atomic mass is 16.2. The summed E-state index contributed by atoms with van der Waals surface area (Å²) in [6.45, 7) is 3.98. The predicted octanol–water partition coefficient (Wildman–Crippen LogP) is 3.07. The van der Waals surface area contributed by atoms with Gasteiger partial charge in [-0.05, 0) is 55.6 Å². The number of hydrogen-bond acceptors (Lipinski definition) is 7. The molecular weight excluding hydrogens is 430 g/mol. The van der Waals surface area contributed by atoms with Crippen LogP contribution in [0, 0.1) is 0 Å². The Morgan fingerprint density at radius 2 is 1.62 bits per heavy atom. The average molecular weight is 456 g/mol. The molecule has 5 rings (SSSR count). The number of piperazine rings is 1. The number of aromatic nitrogens is 3. The summed E-state index contributed by atoms with van der Waals surface area (Å²) in [5, 5.41) is 6.01. The van der Waals surface area contributed by atoms with Crippen LogP contribution in [0.5, 0.6) is 0 Å². The number of nitrogens with one attached hydrogen (secondary N) is 3. The molecule has 4 aromatic rings. The third-order valence-electron chi connectivity index (χ3n) is 5.93. The number of pyridine rings is 1. The molecular formula is C25H25N7O2. The van der Waals surface area contributed by atoms with Gasteiger partial charge < -0.3 is 25.4 Å². The number of benzene rings is 2. The lowest BCUT2D eigenvalue weighted by Crippen LogP contribution is -2.44. The lowest BCUT2D eigenvalue weighted by molar-refractivity contribution is 0.102. The summed E-state index contributed by atoms with van der Waals surface area (Å²) in [6, 6.07) is 14.8. The molecule has 9 nitrogen and oxygen atoms in total. The standard InChI is InChI=1S/C25H25N7O2/c1-31-12-14-32(15-13-31)19-5-2-17(3-6-19)30-25(34)23-21(8-9-28-24(23)33)29-18-4-7-20-22(16-18)27-11-10-26-20/h2-11,16H,12-15H2,1H3,(H,30,34)(H2,28,29,33). The molecule has 0 saturated carbocycles. The van der Waals surface area contributed by atoms with E-state index in [9.17, 15) is 9.59 Å². The van der Waals surface area contributed by atoms with Crippen LogP contribution >= 0.6 is 0 Å². The van der Waals surface area contributed by atoms with Gasteiger partial charge in [-0.2, -0.15) is 0 Å². The van der Waals surface area contributed by atoms with Gasteiger partial charge in [0.2, 0.25) is 0 Å². The van der Waals surface area contributed by atoms with E-state index in [1.807, 2.05) is 42.5 Å². The minimum Gasteiger partial charge on any atom is -0.369 e. The molecule has 9 heteroatoms. The molecule has 34 heavy (non-hydrogen) atoms. The first kappa shape index (κ1) is 21.6. The molecule has 0 bridgehead atoms. The Labute approximate surface area is 196 Å². The van der Waals surface area contributed by atoms with Crippen molar-refractivity contribution in [3.8, 4) is 0 Å². The van der Waals surface area contributed by atoms with Gasteiger partial charge in [0, 0.05) is 61.8 Å². The Balaban J connectivity index is 1.34. The van der Waals surface area contributed by atoms with Crippen molar-refractivity contribution in [2.24, 2.45) is 0 Å². The number of likely N-dealkylation sites (N-methyl/N-ethyl adjacent to an activating group) is 1. The quantitative estimate of drug-likeness (QED) is 0.425. The number of nitrogens with zero attached hydrogens (tertiary/aromatic N) is 4. The third-order valence-corrected chi connectivity index (χ3v) is 5.93. The van der Waals surface area contributed by atoms with Crippen molar-refractivity contribution in [3.05, 3.63) is 83.0 Å². The molecule has 2 aromatic carbocycles. The largest absolute Gasteiger partial charge is 0.369 e. The zero-order valence-electron chi connectivity index (χ0n) is 18.8. The van der Waals surface area contributed by atoms with Gasteiger partial charge in [0.05, 0.1) is 16.7 Å². The lowest BCUT2D eigenvalue weighted by Gasteiger charge is -2.34. The van der Waals surface area contributed by atoms with Crippen molar-refractivity contribution in [3.63, 3.8) is 0 Å². The predicted molar refractivity (Wildman–Crippen MR) is 134 cm³/mol. The van der Waals surface area contributed by atoms with Crippen molar-refractivity contribution in [1.82, 2.24) is 19.9 Å². The van der Waals surface area contributed by atoms with E-state index in [1.165, 1.54) is 6.20 Å². The molecule has 1 saturated heterocycles. The van der Waals surface area contributed by atoms with Crippen LogP contribution in [0.2, 0.25) is 0 Å². The Hall–Kier alpha value is -4.24. The molecule has 3 N–H and O–H groups in total. The Morgan fingerprint density at radius 1 is 0.912 bits per heavy atom. The fourth-order valence-corrected chi connectivity index (χ4v) is 4.02. The molecule has 1 aliphatic rings. The number of carbonyl (C=O) groups is 1. The molecule has 0 aliphatic carbocycles. The van der Waals surface area contributed by atoms with Crippen molar-refractivity contribution >= 4 is 39.7 Å². The fraction of sp³-hybridized carbons (Fsp3) is 0.200. The number of aromatic amines is 1. The van der Waals surface area contributed by atoms with Crippen LogP contribution in [0.25, 0.3) is 11.0 Å². The highest BCUT2D eigenvalue weighted by molar-refractivity contribution is 6.08. The van der Waals surface area contributed by atoms with E-state index in [0.29, 0.717) is 22.6 Å². The smallest absolute Gasteiger partial charge is 0.263 e. The topological polar surface area (TPSA) is 106 Å². The molecule has 1 aliphatic heterocycles. The van der Waals surface area contributed by atoms with E-state index in [1.54, 1.807) is 18.5 Å². The van der Waals surface area contributed by atoms with E-state index in [0.717, 1.165) is 37.4 Å². The molecule has 0 spiro atoms. The lowest BCUT2D eigenvalue weighted by atomic mass is 10.1. The minimum atomic E-state index is -0.489. The van der Waals surface area contributed by atoms with Gasteiger partial charge >= 0.3 is 0 Å². The molecule has 1 fully saturated rings. The van der Waals surface area contributed by atoms with Gasteiger partial charge in [0.1, 0.15) is 5.56 Å². The Bertz CT molecular complexity index is 1380. The number of rotatable bonds is 5. The summed E-state index contributed by atoms with van der Waals surface area (Å²) in [6.07, 6.45) is 4.76. The molecule has 3 heterocycles. The summed E-state index contributed by atoms with van der Waals surface area (Å²) in [5.74, 6) is -0.489. The number of anilines is 4. The zero-order valence-corrected chi connectivity index (χ0v) is 18.8. The second-order valence-corrected chi connectivity index (χ2v) is 8.27. The number of fused-ring (bicyclic) bond motifs is 1. The Kier molecular flexibility index (Phi) is 5.92. The summed E-state index contributed by atoms with van der Waals surface area (Å²) in [7, 11) is 2.12. The van der Waals surface area contributed by atoms with Crippen LogP contribution in [0.4, 0.5) is 22.7 Å². The maximum Gasteiger partial charge on any atom is 0.263 e. The van der Waals surface area contributed by atoms with E-state index in [-0.39, 0.29) is 5.56 Å². The van der Waals surface area contributed by atoms with Gasteiger partial charge in [-0.3, -0.25) is 19.6 Å². The number of hydrogen-bond donors (Lipinski definition) is 3. The van der Waals surface area contributed by atoms with Crippen LogP contribution in [-0.2, 0) is 0 Å². The van der Waals surface area contributed by atoms with Crippen LogP contribution in [0.15, 0.2) is 71.9 Å². The molecule has 2 aromatic heterocycles. The Morgan fingerprint density at radius 3 is 2.38 bits per heavy atom. The maximum atomic E-state index is 13.1. The summed E-state index contributed by atoms with van der Waals surface area (Å²) < 4.78 is 0. The maximum absolute atomic E-state index is 13.1. The van der Waals surface area contributed by atoms with Crippen LogP contribution < -0.4 is 21.1 Å². The summed E-state index contributed by atoms with van der Waals surface area (Å²) >= 11 is 0. The summed E-state index contributed by atoms with van der Waals surface area (Å²) in [5.41, 5.74) is 3.84. The SMILES string of the molecule is CN1CCN(c2ccc(NC(=O)c3c(Nc4ccc5nccnc5c4)cc[nH]c3=O)cc2)CC1. The zero-order chi connectivity index (χ0) is 23.5. The van der Waals surface area contributed by atoms with E-state index in [2.05, 4.69) is 42.4 Å². The average Bonchev–Trinajstić information content (AvgIpc) is 2.85. The van der Waals surface area contributed by atoms with E-state index >= 15 is 0 Å². The summed E-state index contributed by atoms with van der Waals surface area (Å²) in [4.78, 5) is 41.4. The first-order valence-electron chi connectivity index (χ1n) is 11.1. The molecule has 0 radical (unpaired) electrons. The highest BCUT2D eigenvalue weighted by Gasteiger charge is 2.18. The van der Waals surface area contributed by atoms with Gasteiger partial charge in [-0.25, -0.2) is 0 Å². The van der Waals surface area contributed by atoms with Crippen molar-refractivity contribution in [1.29, 1.82) is 0 Å². The van der Waals surface area contributed by atoms with Crippen molar-refractivity contribution < 1.29 is 4.79 Å². The van der Waals surface area contributed by atoms with Crippen molar-refractivity contribution in [2.45, 2.75) is 0 Å². The number of H-pyrrole nitrogens is 1. The molecule has 0 atom stereocenters. The number of carbonyl (C=O) groups excluding carboxylic acids is 1. The van der Waals surface area contributed by atoms with E-state index < -0.39 is 11.5 Å². The van der Waals surface area contributed by atoms with Gasteiger partial charge in [-0.15, -0.1) is 0 Å². The molecule has 1 amide bonds. The first-order chi connectivity index (χ1) is 16.6. The highest BCUT2D eigenvalue weighted by Crippen LogP contribution is 2.23. The van der Waals surface area contributed by atoms with Gasteiger partial charge in [-0.1, -0.05) is 0 Å². The third kappa shape index (κ3) is 4.60.